The lowest BCUT2D eigenvalue weighted by molar-refractivity contribution is 0.240. The van der Waals surface area contributed by atoms with Crippen LogP contribution in [0.25, 0.3) is 11.1 Å². The van der Waals surface area contributed by atoms with Crippen molar-refractivity contribution < 1.29 is 4.79 Å². The number of aryl methyl sites for hydroxylation is 1. The van der Waals surface area contributed by atoms with E-state index in [1.165, 1.54) is 0 Å². The average molecular weight is 616 g/mol. The van der Waals surface area contributed by atoms with Crippen LogP contribution in [-0.2, 0) is 13.6 Å². The Balaban J connectivity index is 1.15. The molecule has 1 saturated carbocycles. The van der Waals surface area contributed by atoms with E-state index in [1.54, 1.807) is 28.2 Å². The van der Waals surface area contributed by atoms with E-state index in [2.05, 4.69) is 32.9 Å². The number of carbonyl (C=O) groups is 1. The number of rotatable bonds is 8. The van der Waals surface area contributed by atoms with Crippen molar-refractivity contribution in [3.8, 4) is 23.3 Å². The largest absolute Gasteiger partial charge is 0.354 e. The van der Waals surface area contributed by atoms with Gasteiger partial charge in [0.1, 0.15) is 17.5 Å². The molecule has 4 aromatic rings. The maximum atomic E-state index is 13.7. The van der Waals surface area contributed by atoms with Gasteiger partial charge in [0.25, 0.3) is 0 Å². The average Bonchev–Trinajstić information content (AvgIpc) is 3.71. The van der Waals surface area contributed by atoms with Crippen LogP contribution < -0.4 is 20.4 Å². The number of anilines is 3. The number of aromatic nitrogens is 5. The van der Waals surface area contributed by atoms with Gasteiger partial charge < -0.3 is 15.5 Å². The third-order valence-electron chi connectivity index (χ3n) is 8.87. The fraction of sp³-hybridized carbons (Fsp3) is 0.382. The molecule has 1 atom stereocenters. The molecule has 2 fully saturated rings. The summed E-state index contributed by atoms with van der Waals surface area (Å²) in [5.74, 6) is 1.63. The minimum absolute atomic E-state index is 0.0451. The van der Waals surface area contributed by atoms with Gasteiger partial charge in [-0.1, -0.05) is 30.3 Å². The third kappa shape index (κ3) is 6.76. The number of carbonyl (C=O) groups excluding carboxylic acids is 1. The van der Waals surface area contributed by atoms with Crippen molar-refractivity contribution in [3.63, 3.8) is 0 Å². The highest BCUT2D eigenvalue weighted by Crippen LogP contribution is 2.34. The third-order valence-corrected chi connectivity index (χ3v) is 8.87. The SMILES string of the molecule is Cn1cc(-c2ccc(N(C(=O)NCc3ccccc3)C3CCC(Nc4ncc(C#N)c(N5CCC(C)(C#N)C5)n4)CC3)nc2)cn1. The number of hydrogen-bond acceptors (Lipinski definition) is 9. The van der Waals surface area contributed by atoms with E-state index in [4.69, 9.17) is 9.97 Å². The summed E-state index contributed by atoms with van der Waals surface area (Å²) in [7, 11) is 1.88. The zero-order chi connectivity index (χ0) is 32.1. The summed E-state index contributed by atoms with van der Waals surface area (Å²) >= 11 is 0. The first-order chi connectivity index (χ1) is 22.3. The molecule has 234 valence electrons. The van der Waals surface area contributed by atoms with Crippen molar-refractivity contribution in [2.24, 2.45) is 12.5 Å². The van der Waals surface area contributed by atoms with Gasteiger partial charge in [-0.3, -0.25) is 9.58 Å². The quantitative estimate of drug-likeness (QED) is 0.278. The van der Waals surface area contributed by atoms with E-state index >= 15 is 0 Å². The zero-order valence-corrected chi connectivity index (χ0v) is 26.1. The van der Waals surface area contributed by atoms with Crippen LogP contribution in [0.2, 0.25) is 0 Å². The highest BCUT2D eigenvalue weighted by Gasteiger charge is 2.36. The summed E-state index contributed by atoms with van der Waals surface area (Å²) in [6, 6.07) is 18.2. The normalized spacial score (nSPS) is 20.8. The van der Waals surface area contributed by atoms with Crippen LogP contribution >= 0.6 is 0 Å². The molecule has 2 N–H and O–H groups in total. The Hall–Kier alpha value is -5.49. The predicted molar refractivity (Wildman–Crippen MR) is 175 cm³/mol. The van der Waals surface area contributed by atoms with Crippen molar-refractivity contribution in [1.29, 1.82) is 10.5 Å². The molecule has 1 aliphatic heterocycles. The summed E-state index contributed by atoms with van der Waals surface area (Å²) in [6.45, 7) is 3.55. The van der Waals surface area contributed by atoms with E-state index in [-0.39, 0.29) is 18.1 Å². The fourth-order valence-electron chi connectivity index (χ4n) is 6.24. The van der Waals surface area contributed by atoms with Crippen LogP contribution in [0.4, 0.5) is 22.4 Å². The molecule has 46 heavy (non-hydrogen) atoms. The van der Waals surface area contributed by atoms with Gasteiger partial charge in [0, 0.05) is 62.3 Å². The molecule has 4 heterocycles. The molecule has 2 aliphatic rings. The summed E-state index contributed by atoms with van der Waals surface area (Å²) in [6.07, 6.45) is 10.9. The molecule has 0 bridgehead atoms. The van der Waals surface area contributed by atoms with Gasteiger partial charge in [0.2, 0.25) is 5.95 Å². The lowest BCUT2D eigenvalue weighted by Gasteiger charge is -2.36. The van der Waals surface area contributed by atoms with Gasteiger partial charge in [-0.25, -0.2) is 14.8 Å². The van der Waals surface area contributed by atoms with Crippen LogP contribution in [-0.4, -0.2) is 55.9 Å². The molecule has 1 saturated heterocycles. The number of benzene rings is 1. The number of nitrogens with one attached hydrogen (secondary N) is 2. The van der Waals surface area contributed by atoms with E-state index in [9.17, 15) is 15.3 Å². The van der Waals surface area contributed by atoms with Gasteiger partial charge in [0.15, 0.2) is 5.82 Å². The molecular weight excluding hydrogens is 578 g/mol. The molecule has 1 aliphatic carbocycles. The number of urea groups is 1. The molecule has 3 aromatic heterocycles. The Morgan fingerprint density at radius 2 is 1.85 bits per heavy atom. The lowest BCUT2D eigenvalue weighted by Crippen LogP contribution is -2.49. The van der Waals surface area contributed by atoms with Crippen molar-refractivity contribution in [1.82, 2.24) is 30.0 Å². The zero-order valence-electron chi connectivity index (χ0n) is 26.1. The summed E-state index contributed by atoms with van der Waals surface area (Å²) in [5, 5.41) is 30.1. The van der Waals surface area contributed by atoms with Crippen molar-refractivity contribution in [2.75, 3.05) is 28.2 Å². The Kier molecular flexibility index (Phi) is 8.79. The molecule has 6 rings (SSSR count). The minimum Gasteiger partial charge on any atom is -0.354 e. The van der Waals surface area contributed by atoms with E-state index in [0.29, 0.717) is 42.8 Å². The van der Waals surface area contributed by atoms with E-state index in [0.717, 1.165) is 48.8 Å². The number of hydrogen-bond donors (Lipinski definition) is 2. The summed E-state index contributed by atoms with van der Waals surface area (Å²) in [4.78, 5) is 31.4. The molecule has 1 unspecified atom stereocenters. The molecule has 12 nitrogen and oxygen atoms in total. The first-order valence-corrected chi connectivity index (χ1v) is 15.6. The van der Waals surface area contributed by atoms with Crippen molar-refractivity contribution in [3.05, 3.63) is 78.4 Å². The molecule has 12 heteroatoms. The highest BCUT2D eigenvalue weighted by atomic mass is 16.2. The highest BCUT2D eigenvalue weighted by molar-refractivity contribution is 5.91. The molecule has 0 radical (unpaired) electrons. The molecule has 1 aromatic carbocycles. The van der Waals surface area contributed by atoms with E-state index in [1.807, 2.05) is 67.5 Å². The van der Waals surface area contributed by atoms with Crippen LogP contribution in [0.3, 0.4) is 0 Å². The van der Waals surface area contributed by atoms with Gasteiger partial charge in [0.05, 0.1) is 23.9 Å². The van der Waals surface area contributed by atoms with Crippen LogP contribution in [0.1, 0.15) is 50.2 Å². The van der Waals surface area contributed by atoms with Crippen LogP contribution in [0.15, 0.2) is 67.3 Å². The Bertz CT molecular complexity index is 1750. The molecule has 2 amide bonds. The van der Waals surface area contributed by atoms with Gasteiger partial charge in [-0.05, 0) is 56.7 Å². The number of pyridine rings is 1. The summed E-state index contributed by atoms with van der Waals surface area (Å²) in [5.41, 5.74) is 2.86. The van der Waals surface area contributed by atoms with Gasteiger partial charge in [-0.15, -0.1) is 0 Å². The Morgan fingerprint density at radius 3 is 2.50 bits per heavy atom. The monoisotopic (exact) mass is 615 g/mol. The first-order valence-electron chi connectivity index (χ1n) is 15.6. The second kappa shape index (κ2) is 13.2. The van der Waals surface area contributed by atoms with Gasteiger partial charge in [-0.2, -0.15) is 20.6 Å². The minimum atomic E-state index is -0.461. The predicted octanol–water partition coefficient (Wildman–Crippen LogP) is 5.02. The molecule has 0 spiro atoms. The number of amides is 2. The smallest absolute Gasteiger partial charge is 0.323 e. The fourth-order valence-corrected chi connectivity index (χ4v) is 6.24. The van der Waals surface area contributed by atoms with Gasteiger partial charge >= 0.3 is 6.03 Å². The second-order valence-corrected chi connectivity index (χ2v) is 12.4. The Labute approximate surface area is 268 Å². The summed E-state index contributed by atoms with van der Waals surface area (Å²) < 4.78 is 1.75. The topological polar surface area (TPSA) is 152 Å². The lowest BCUT2D eigenvalue weighted by atomic mass is 9.90. The first kappa shape index (κ1) is 30.5. The van der Waals surface area contributed by atoms with E-state index < -0.39 is 5.41 Å². The standard InChI is InChI=1S/C34H37N11O/c1-34(22-36)14-15-44(23-34)31-26(16-35)19-38-32(42-31)41-28-9-11-29(12-10-28)45(33(46)39-17-24-6-4-3-5-7-24)30-13-8-25(18-37-30)27-20-40-43(2)21-27/h3-8,13,18-21,28-29H,9-12,14-15,17,23H2,1-2H3,(H,39,46)(H,38,41,42). The second-order valence-electron chi connectivity index (χ2n) is 12.4. The van der Waals surface area contributed by atoms with Crippen molar-refractivity contribution in [2.45, 2.75) is 57.7 Å². The van der Waals surface area contributed by atoms with Crippen LogP contribution in [0, 0.1) is 28.1 Å². The number of nitrogens with zero attached hydrogens (tertiary/aromatic N) is 9. The maximum absolute atomic E-state index is 13.7. The molecular formula is C34H37N11O. The Morgan fingerprint density at radius 1 is 1.04 bits per heavy atom. The number of nitriles is 2. The maximum Gasteiger partial charge on any atom is 0.323 e. The van der Waals surface area contributed by atoms with Crippen molar-refractivity contribution >= 4 is 23.6 Å². The van der Waals surface area contributed by atoms with Crippen LogP contribution in [0.5, 0.6) is 0 Å².